The Balaban J connectivity index is 1.77. The maximum atomic E-state index is 12.7. The van der Waals surface area contributed by atoms with Crippen LogP contribution in [0.2, 0.25) is 0 Å². The van der Waals surface area contributed by atoms with Crippen LogP contribution in [-0.2, 0) is 0 Å². The molecule has 4 rings (SSSR count). The second-order valence-electron chi connectivity index (χ2n) is 6.42. The number of carbonyl (C=O) groups excluding carboxylic acids is 1. The average molecular weight is 345 g/mol. The lowest BCUT2D eigenvalue weighted by Gasteiger charge is -2.12. The number of para-hydroxylation sites is 1. The van der Waals surface area contributed by atoms with Crippen molar-refractivity contribution in [2.45, 2.75) is 13.8 Å². The van der Waals surface area contributed by atoms with Crippen molar-refractivity contribution in [3.8, 4) is 5.75 Å². The molecule has 0 saturated heterocycles. The molecular formula is C22H19NO3. The Bertz CT molecular complexity index is 1140. The zero-order chi connectivity index (χ0) is 18.3. The Morgan fingerprint density at radius 3 is 2.54 bits per heavy atom. The lowest BCUT2D eigenvalue weighted by atomic mass is 10.0. The Hall–Kier alpha value is -3.27. The Kier molecular flexibility index (Phi) is 3.88. The highest BCUT2D eigenvalue weighted by Gasteiger charge is 2.16. The van der Waals surface area contributed by atoms with E-state index in [4.69, 9.17) is 9.15 Å². The van der Waals surface area contributed by atoms with E-state index in [2.05, 4.69) is 5.32 Å². The molecule has 1 amide bonds. The van der Waals surface area contributed by atoms with Gasteiger partial charge in [0.05, 0.1) is 12.8 Å². The fourth-order valence-corrected chi connectivity index (χ4v) is 3.28. The third-order valence-electron chi connectivity index (χ3n) is 4.57. The van der Waals surface area contributed by atoms with E-state index in [0.29, 0.717) is 22.6 Å². The lowest BCUT2D eigenvalue weighted by Crippen LogP contribution is -2.14. The molecule has 0 radical (unpaired) electrons. The summed E-state index contributed by atoms with van der Waals surface area (Å²) < 4.78 is 11.4. The molecule has 0 saturated carbocycles. The van der Waals surface area contributed by atoms with Crippen LogP contribution >= 0.6 is 0 Å². The first-order valence-corrected chi connectivity index (χ1v) is 8.44. The summed E-state index contributed by atoms with van der Waals surface area (Å²) in [6, 6.07) is 17.3. The molecule has 4 nitrogen and oxygen atoms in total. The first-order valence-electron chi connectivity index (χ1n) is 8.44. The minimum atomic E-state index is -0.170. The van der Waals surface area contributed by atoms with E-state index in [1.54, 1.807) is 7.11 Å². The van der Waals surface area contributed by atoms with Gasteiger partial charge in [-0.2, -0.15) is 0 Å². The molecule has 1 N–H and O–H groups in total. The third-order valence-corrected chi connectivity index (χ3v) is 4.57. The molecule has 0 spiro atoms. The van der Waals surface area contributed by atoms with Gasteiger partial charge in [0, 0.05) is 22.4 Å². The molecule has 0 bridgehead atoms. The molecule has 0 aliphatic heterocycles. The van der Waals surface area contributed by atoms with Crippen molar-refractivity contribution in [3.05, 3.63) is 71.3 Å². The summed E-state index contributed by atoms with van der Waals surface area (Å²) in [7, 11) is 1.59. The first-order chi connectivity index (χ1) is 12.6. The van der Waals surface area contributed by atoms with E-state index < -0.39 is 0 Å². The minimum Gasteiger partial charge on any atom is -0.495 e. The van der Waals surface area contributed by atoms with Crippen molar-refractivity contribution in [1.82, 2.24) is 0 Å². The number of hydrogen-bond acceptors (Lipinski definition) is 3. The van der Waals surface area contributed by atoms with Gasteiger partial charge in [-0.25, -0.2) is 0 Å². The Morgan fingerprint density at radius 1 is 0.962 bits per heavy atom. The topological polar surface area (TPSA) is 51.5 Å². The van der Waals surface area contributed by atoms with Crippen LogP contribution < -0.4 is 10.1 Å². The van der Waals surface area contributed by atoms with E-state index in [-0.39, 0.29) is 5.91 Å². The number of amides is 1. The second kappa shape index (κ2) is 6.23. The predicted molar refractivity (Wildman–Crippen MR) is 104 cm³/mol. The van der Waals surface area contributed by atoms with Gasteiger partial charge in [-0.15, -0.1) is 0 Å². The van der Waals surface area contributed by atoms with Crippen molar-refractivity contribution >= 4 is 33.5 Å². The highest BCUT2D eigenvalue weighted by Crippen LogP contribution is 2.36. The van der Waals surface area contributed by atoms with Crippen LogP contribution in [0.25, 0.3) is 21.9 Å². The third kappa shape index (κ3) is 2.69. The summed E-state index contributed by atoms with van der Waals surface area (Å²) >= 11 is 0. The molecular weight excluding hydrogens is 326 g/mol. The standard InChI is InChI=1S/C22H19NO3/c1-13-8-9-15(14(2)10-13)22(24)23-18-12-20-17(11-21(18)25-3)16-6-4-5-7-19(16)26-20/h4-12H,1-3H3,(H,23,24). The predicted octanol–water partition coefficient (Wildman–Crippen LogP) is 5.46. The van der Waals surface area contributed by atoms with Gasteiger partial charge in [0.2, 0.25) is 0 Å². The summed E-state index contributed by atoms with van der Waals surface area (Å²) in [6.07, 6.45) is 0. The van der Waals surface area contributed by atoms with E-state index >= 15 is 0 Å². The van der Waals surface area contributed by atoms with Crippen LogP contribution in [-0.4, -0.2) is 13.0 Å². The maximum absolute atomic E-state index is 12.7. The van der Waals surface area contributed by atoms with E-state index in [9.17, 15) is 4.79 Å². The molecule has 26 heavy (non-hydrogen) atoms. The monoisotopic (exact) mass is 345 g/mol. The van der Waals surface area contributed by atoms with Gasteiger partial charge in [-0.3, -0.25) is 4.79 Å². The summed E-state index contributed by atoms with van der Waals surface area (Å²) in [5, 5.41) is 4.93. The molecule has 3 aromatic carbocycles. The van der Waals surface area contributed by atoms with Crippen molar-refractivity contribution in [2.24, 2.45) is 0 Å². The van der Waals surface area contributed by atoms with Gasteiger partial charge >= 0.3 is 0 Å². The van der Waals surface area contributed by atoms with Crippen molar-refractivity contribution in [1.29, 1.82) is 0 Å². The van der Waals surface area contributed by atoms with E-state index in [1.165, 1.54) is 0 Å². The zero-order valence-corrected chi connectivity index (χ0v) is 14.9. The SMILES string of the molecule is COc1cc2c(cc1NC(=O)c1ccc(C)cc1C)oc1ccccc12. The fourth-order valence-electron chi connectivity index (χ4n) is 3.28. The number of aryl methyl sites for hydroxylation is 2. The number of furan rings is 1. The summed E-state index contributed by atoms with van der Waals surface area (Å²) in [4.78, 5) is 12.7. The number of fused-ring (bicyclic) bond motifs is 3. The van der Waals surface area contributed by atoms with Crippen molar-refractivity contribution in [2.75, 3.05) is 12.4 Å². The van der Waals surface area contributed by atoms with E-state index in [0.717, 1.165) is 27.5 Å². The van der Waals surface area contributed by atoms with Gasteiger partial charge in [0.1, 0.15) is 16.9 Å². The van der Waals surface area contributed by atoms with Crippen molar-refractivity contribution < 1.29 is 13.9 Å². The van der Waals surface area contributed by atoms with Gasteiger partial charge in [0.25, 0.3) is 5.91 Å². The van der Waals surface area contributed by atoms with Gasteiger partial charge in [-0.1, -0.05) is 35.9 Å². The largest absolute Gasteiger partial charge is 0.495 e. The zero-order valence-electron chi connectivity index (χ0n) is 14.9. The number of methoxy groups -OCH3 is 1. The summed E-state index contributed by atoms with van der Waals surface area (Å²) in [6.45, 7) is 3.94. The summed E-state index contributed by atoms with van der Waals surface area (Å²) in [5.41, 5.74) is 4.81. The lowest BCUT2D eigenvalue weighted by molar-refractivity contribution is 0.102. The number of carbonyl (C=O) groups is 1. The summed E-state index contributed by atoms with van der Waals surface area (Å²) in [5.74, 6) is 0.429. The van der Waals surface area contributed by atoms with Gasteiger partial charge in [-0.05, 0) is 37.6 Å². The molecule has 4 aromatic rings. The van der Waals surface area contributed by atoms with Crippen LogP contribution in [0.1, 0.15) is 21.5 Å². The van der Waals surface area contributed by atoms with Crippen LogP contribution in [0.4, 0.5) is 5.69 Å². The molecule has 0 aliphatic rings. The molecule has 1 heterocycles. The number of hydrogen-bond donors (Lipinski definition) is 1. The molecule has 0 fully saturated rings. The van der Waals surface area contributed by atoms with Gasteiger partial charge in [0.15, 0.2) is 0 Å². The van der Waals surface area contributed by atoms with Crippen LogP contribution in [0.5, 0.6) is 5.75 Å². The number of benzene rings is 3. The normalized spacial score (nSPS) is 11.0. The van der Waals surface area contributed by atoms with Crippen molar-refractivity contribution in [3.63, 3.8) is 0 Å². The number of rotatable bonds is 3. The quantitative estimate of drug-likeness (QED) is 0.536. The Labute approximate surface area is 151 Å². The first kappa shape index (κ1) is 16.2. The minimum absolute atomic E-state index is 0.170. The highest BCUT2D eigenvalue weighted by atomic mass is 16.5. The number of anilines is 1. The molecule has 0 unspecified atom stereocenters. The van der Waals surface area contributed by atoms with Gasteiger partial charge < -0.3 is 14.5 Å². The second-order valence-corrected chi connectivity index (χ2v) is 6.42. The number of ether oxygens (including phenoxy) is 1. The molecule has 4 heteroatoms. The van der Waals surface area contributed by atoms with Crippen LogP contribution in [0, 0.1) is 13.8 Å². The fraction of sp³-hybridized carbons (Fsp3) is 0.136. The van der Waals surface area contributed by atoms with E-state index in [1.807, 2.05) is 68.4 Å². The van der Waals surface area contributed by atoms with Crippen LogP contribution in [0.15, 0.2) is 59.0 Å². The molecule has 130 valence electrons. The highest BCUT2D eigenvalue weighted by molar-refractivity contribution is 6.10. The molecule has 0 aliphatic carbocycles. The number of nitrogens with one attached hydrogen (secondary N) is 1. The Morgan fingerprint density at radius 2 is 1.77 bits per heavy atom. The molecule has 1 aromatic heterocycles. The average Bonchev–Trinajstić information content (AvgIpc) is 2.98. The molecule has 0 atom stereocenters. The smallest absolute Gasteiger partial charge is 0.256 e. The van der Waals surface area contributed by atoms with Crippen LogP contribution in [0.3, 0.4) is 0 Å². The maximum Gasteiger partial charge on any atom is 0.256 e.